The Morgan fingerprint density at radius 2 is 2.05 bits per heavy atom. The minimum atomic E-state index is 0.00239. The molecule has 4 heteroatoms. The molecule has 0 saturated heterocycles. The van der Waals surface area contributed by atoms with Crippen molar-refractivity contribution < 1.29 is 4.74 Å². The van der Waals surface area contributed by atoms with Gasteiger partial charge in [-0.25, -0.2) is 4.98 Å². The van der Waals surface area contributed by atoms with Crippen molar-refractivity contribution in [2.45, 2.75) is 40.2 Å². The smallest absolute Gasteiger partial charge is 0.122 e. The molecule has 2 N–H and O–H groups in total. The Morgan fingerprint density at radius 1 is 1.30 bits per heavy atom. The maximum Gasteiger partial charge on any atom is 0.122 e. The molecule has 1 heterocycles. The van der Waals surface area contributed by atoms with Gasteiger partial charge in [-0.15, -0.1) is 11.3 Å². The highest BCUT2D eigenvalue weighted by atomic mass is 32.1. The molecule has 108 valence electrons. The molecule has 2 aromatic rings. The fraction of sp³-hybridized carbons (Fsp3) is 0.438. The Bertz CT molecular complexity index is 590. The molecule has 0 bridgehead atoms. The van der Waals surface area contributed by atoms with Crippen LogP contribution in [0.1, 0.15) is 40.4 Å². The van der Waals surface area contributed by atoms with Gasteiger partial charge in [0.2, 0.25) is 0 Å². The quantitative estimate of drug-likeness (QED) is 0.913. The summed E-state index contributed by atoms with van der Waals surface area (Å²) in [4.78, 5) is 4.51. The van der Waals surface area contributed by atoms with E-state index in [-0.39, 0.29) is 6.04 Å². The van der Waals surface area contributed by atoms with Gasteiger partial charge < -0.3 is 10.5 Å². The molecule has 2 rings (SSSR count). The third kappa shape index (κ3) is 3.58. The zero-order chi connectivity index (χ0) is 14.7. The molecule has 0 spiro atoms. The minimum absolute atomic E-state index is 0.00239. The molecule has 20 heavy (non-hydrogen) atoms. The number of rotatable bonds is 5. The van der Waals surface area contributed by atoms with Crippen LogP contribution >= 0.6 is 11.3 Å². The first-order valence-electron chi connectivity index (χ1n) is 6.88. The molecule has 0 aliphatic rings. The van der Waals surface area contributed by atoms with Crippen molar-refractivity contribution in [3.8, 4) is 5.75 Å². The molecule has 0 amide bonds. The van der Waals surface area contributed by atoms with E-state index >= 15 is 0 Å². The van der Waals surface area contributed by atoms with Gasteiger partial charge in [0.15, 0.2) is 0 Å². The van der Waals surface area contributed by atoms with Crippen molar-refractivity contribution in [3.63, 3.8) is 0 Å². The van der Waals surface area contributed by atoms with E-state index in [9.17, 15) is 0 Å². The van der Waals surface area contributed by atoms with Crippen LogP contribution in [0.2, 0.25) is 0 Å². The van der Waals surface area contributed by atoms with Gasteiger partial charge in [-0.1, -0.05) is 6.07 Å². The highest BCUT2D eigenvalue weighted by molar-refractivity contribution is 7.09. The summed E-state index contributed by atoms with van der Waals surface area (Å²) in [7, 11) is 0. The highest BCUT2D eigenvalue weighted by Gasteiger charge is 2.07. The number of hydrogen-bond donors (Lipinski definition) is 1. The summed E-state index contributed by atoms with van der Waals surface area (Å²) >= 11 is 1.65. The van der Waals surface area contributed by atoms with E-state index in [2.05, 4.69) is 37.9 Å². The summed E-state index contributed by atoms with van der Waals surface area (Å²) in [6, 6.07) is 4.28. The third-order valence-corrected chi connectivity index (χ3v) is 4.30. The lowest BCUT2D eigenvalue weighted by Crippen LogP contribution is -2.06. The molecular weight excluding hydrogens is 268 g/mol. The Labute approximate surface area is 124 Å². The predicted octanol–water partition coefficient (Wildman–Crippen LogP) is 3.71. The standard InChI is InChI=1S/C16H22N2OS/c1-10-7-11(2)12(3)15(8-10)19-6-5-16-18-14(9-20-16)13(4)17/h7-9,13H,5-6,17H2,1-4H3. The number of benzene rings is 1. The van der Waals surface area contributed by atoms with Crippen LogP contribution in [0.4, 0.5) is 0 Å². The summed E-state index contributed by atoms with van der Waals surface area (Å²) < 4.78 is 5.91. The second-order valence-corrected chi connectivity index (χ2v) is 6.20. The molecule has 1 atom stereocenters. The van der Waals surface area contributed by atoms with E-state index in [4.69, 9.17) is 10.5 Å². The lowest BCUT2D eigenvalue weighted by Gasteiger charge is -2.11. The van der Waals surface area contributed by atoms with E-state index in [0.717, 1.165) is 22.9 Å². The summed E-state index contributed by atoms with van der Waals surface area (Å²) in [5.74, 6) is 0.978. The number of thiazole rings is 1. The van der Waals surface area contributed by atoms with Gasteiger partial charge in [-0.05, 0) is 50.5 Å². The van der Waals surface area contributed by atoms with Crippen molar-refractivity contribution >= 4 is 11.3 Å². The van der Waals surface area contributed by atoms with Gasteiger partial charge in [0.25, 0.3) is 0 Å². The zero-order valence-corrected chi connectivity index (χ0v) is 13.4. The van der Waals surface area contributed by atoms with Crippen LogP contribution in [0, 0.1) is 20.8 Å². The molecule has 1 unspecified atom stereocenters. The largest absolute Gasteiger partial charge is 0.493 e. The van der Waals surface area contributed by atoms with Crippen molar-refractivity contribution in [1.82, 2.24) is 4.98 Å². The van der Waals surface area contributed by atoms with Crippen molar-refractivity contribution in [2.24, 2.45) is 5.73 Å². The summed E-state index contributed by atoms with van der Waals surface area (Å²) in [6.45, 7) is 8.91. The first-order chi connectivity index (χ1) is 9.47. The highest BCUT2D eigenvalue weighted by Crippen LogP contribution is 2.23. The van der Waals surface area contributed by atoms with E-state index in [1.165, 1.54) is 16.7 Å². The maximum absolute atomic E-state index is 5.91. The van der Waals surface area contributed by atoms with Crippen LogP contribution in [-0.2, 0) is 6.42 Å². The summed E-state index contributed by atoms with van der Waals surface area (Å²) in [6.07, 6.45) is 0.823. The number of aromatic nitrogens is 1. The predicted molar refractivity (Wildman–Crippen MR) is 84.6 cm³/mol. The molecule has 0 saturated carbocycles. The zero-order valence-electron chi connectivity index (χ0n) is 12.6. The van der Waals surface area contributed by atoms with Gasteiger partial charge in [0, 0.05) is 17.8 Å². The average molecular weight is 290 g/mol. The molecule has 3 nitrogen and oxygen atoms in total. The topological polar surface area (TPSA) is 48.1 Å². The first-order valence-corrected chi connectivity index (χ1v) is 7.76. The van der Waals surface area contributed by atoms with Crippen LogP contribution < -0.4 is 10.5 Å². The molecular formula is C16H22N2OS. The summed E-state index contributed by atoms with van der Waals surface area (Å²) in [5.41, 5.74) is 10.5. The fourth-order valence-electron chi connectivity index (χ4n) is 2.05. The number of nitrogens with zero attached hydrogens (tertiary/aromatic N) is 1. The Balaban J connectivity index is 1.95. The van der Waals surface area contributed by atoms with Gasteiger partial charge in [-0.3, -0.25) is 0 Å². The second-order valence-electron chi connectivity index (χ2n) is 5.26. The Morgan fingerprint density at radius 3 is 2.70 bits per heavy atom. The summed E-state index contributed by atoms with van der Waals surface area (Å²) in [5, 5.41) is 3.11. The SMILES string of the molecule is Cc1cc(C)c(C)c(OCCc2nc(C(C)N)cs2)c1. The van der Waals surface area contributed by atoms with Gasteiger partial charge >= 0.3 is 0 Å². The number of hydrogen-bond acceptors (Lipinski definition) is 4. The lowest BCUT2D eigenvalue weighted by molar-refractivity contribution is 0.319. The van der Waals surface area contributed by atoms with Crippen LogP contribution in [0.25, 0.3) is 0 Å². The molecule has 0 fully saturated rings. The van der Waals surface area contributed by atoms with E-state index in [0.29, 0.717) is 6.61 Å². The van der Waals surface area contributed by atoms with Gasteiger partial charge in [-0.2, -0.15) is 0 Å². The monoisotopic (exact) mass is 290 g/mol. The van der Waals surface area contributed by atoms with E-state index in [1.807, 2.05) is 12.3 Å². The van der Waals surface area contributed by atoms with Gasteiger partial charge in [0.1, 0.15) is 5.75 Å². The van der Waals surface area contributed by atoms with E-state index < -0.39 is 0 Å². The molecule has 0 radical (unpaired) electrons. The normalized spacial score (nSPS) is 12.4. The Hall–Kier alpha value is -1.39. The minimum Gasteiger partial charge on any atom is -0.493 e. The van der Waals surface area contributed by atoms with Crippen LogP contribution in [0.15, 0.2) is 17.5 Å². The number of ether oxygens (including phenoxy) is 1. The van der Waals surface area contributed by atoms with Crippen LogP contribution in [0.3, 0.4) is 0 Å². The van der Waals surface area contributed by atoms with Gasteiger partial charge in [0.05, 0.1) is 17.3 Å². The van der Waals surface area contributed by atoms with Crippen molar-refractivity contribution in [1.29, 1.82) is 0 Å². The number of nitrogens with two attached hydrogens (primary N) is 1. The molecule has 0 aliphatic carbocycles. The van der Waals surface area contributed by atoms with E-state index in [1.54, 1.807) is 11.3 Å². The average Bonchev–Trinajstić information content (AvgIpc) is 2.84. The first kappa shape index (κ1) is 15.0. The maximum atomic E-state index is 5.91. The van der Waals surface area contributed by atoms with Crippen LogP contribution in [-0.4, -0.2) is 11.6 Å². The molecule has 1 aromatic carbocycles. The number of aryl methyl sites for hydroxylation is 2. The fourth-order valence-corrected chi connectivity index (χ4v) is 2.93. The molecule has 0 aliphatic heterocycles. The molecule has 1 aromatic heterocycles. The van der Waals surface area contributed by atoms with Crippen LogP contribution in [0.5, 0.6) is 5.75 Å². The second kappa shape index (κ2) is 6.37. The third-order valence-electron chi connectivity index (χ3n) is 3.37. The van der Waals surface area contributed by atoms with Crippen molar-refractivity contribution in [2.75, 3.05) is 6.61 Å². The van der Waals surface area contributed by atoms with Crippen molar-refractivity contribution in [3.05, 3.63) is 44.9 Å². The lowest BCUT2D eigenvalue weighted by atomic mass is 10.1. The Kier molecular flexibility index (Phi) is 4.78.